The number of likely N-dealkylation sites (tertiary alicyclic amines) is 1. The molecule has 0 N–H and O–H groups in total. The van der Waals surface area contributed by atoms with E-state index in [1.807, 2.05) is 0 Å². The van der Waals surface area contributed by atoms with Gasteiger partial charge >= 0.3 is 0 Å². The second-order valence-corrected chi connectivity index (χ2v) is 3.39. The van der Waals surface area contributed by atoms with Crippen molar-refractivity contribution < 1.29 is 9.18 Å². The topological polar surface area (TPSA) is 57.0 Å². The lowest BCUT2D eigenvalue weighted by molar-refractivity contribution is 0.0572. The zero-order chi connectivity index (χ0) is 10.8. The van der Waals surface area contributed by atoms with Gasteiger partial charge in [-0.2, -0.15) is 5.26 Å². The first-order chi connectivity index (χ1) is 7.22. The van der Waals surface area contributed by atoms with E-state index < -0.39 is 5.82 Å². The SMILES string of the molecule is N#CC1CN(C(=O)c2ccncc2F)C1. The van der Waals surface area contributed by atoms with E-state index in [0.717, 1.165) is 6.20 Å². The van der Waals surface area contributed by atoms with Gasteiger partial charge in [-0.05, 0) is 6.07 Å². The molecule has 1 amide bonds. The van der Waals surface area contributed by atoms with E-state index in [4.69, 9.17) is 5.26 Å². The number of carbonyl (C=O) groups is 1. The summed E-state index contributed by atoms with van der Waals surface area (Å²) in [5, 5.41) is 8.54. The van der Waals surface area contributed by atoms with Crippen LogP contribution in [0.25, 0.3) is 0 Å². The average Bonchev–Trinajstić information content (AvgIpc) is 2.16. The summed E-state index contributed by atoms with van der Waals surface area (Å²) >= 11 is 0. The van der Waals surface area contributed by atoms with Crippen molar-refractivity contribution in [2.45, 2.75) is 0 Å². The fraction of sp³-hybridized carbons (Fsp3) is 0.300. The van der Waals surface area contributed by atoms with Gasteiger partial charge in [0, 0.05) is 19.3 Å². The predicted octanol–water partition coefficient (Wildman–Crippen LogP) is 0.816. The Morgan fingerprint density at radius 1 is 1.67 bits per heavy atom. The van der Waals surface area contributed by atoms with Crippen molar-refractivity contribution in [3.05, 3.63) is 29.8 Å². The normalized spacial score (nSPS) is 15.6. The van der Waals surface area contributed by atoms with Crippen LogP contribution in [0.3, 0.4) is 0 Å². The van der Waals surface area contributed by atoms with Crippen molar-refractivity contribution in [1.82, 2.24) is 9.88 Å². The highest BCUT2D eigenvalue weighted by molar-refractivity contribution is 5.94. The van der Waals surface area contributed by atoms with Crippen molar-refractivity contribution in [2.24, 2.45) is 5.92 Å². The average molecular weight is 205 g/mol. The standard InChI is InChI=1S/C10H8FN3O/c11-9-4-13-2-1-8(9)10(15)14-5-7(3-12)6-14/h1-2,4,7H,5-6H2. The molecule has 1 aliphatic heterocycles. The maximum absolute atomic E-state index is 13.2. The van der Waals surface area contributed by atoms with Crippen LogP contribution in [0.15, 0.2) is 18.5 Å². The zero-order valence-corrected chi connectivity index (χ0v) is 7.85. The first-order valence-electron chi connectivity index (χ1n) is 4.51. The number of nitriles is 1. The summed E-state index contributed by atoms with van der Waals surface area (Å²) in [6.45, 7) is 0.772. The van der Waals surface area contributed by atoms with Gasteiger partial charge in [-0.15, -0.1) is 0 Å². The minimum absolute atomic E-state index is 0.0152. The molecule has 0 aromatic carbocycles. The van der Waals surface area contributed by atoms with Crippen LogP contribution in [-0.2, 0) is 0 Å². The summed E-state index contributed by atoms with van der Waals surface area (Å²) < 4.78 is 13.2. The molecular weight excluding hydrogens is 197 g/mol. The third-order valence-corrected chi connectivity index (χ3v) is 2.35. The van der Waals surface area contributed by atoms with Crippen LogP contribution < -0.4 is 0 Å². The summed E-state index contributed by atoms with van der Waals surface area (Å²) in [7, 11) is 0. The summed E-state index contributed by atoms with van der Waals surface area (Å²) in [5.41, 5.74) is 0.0152. The molecule has 1 fully saturated rings. The Balaban J connectivity index is 2.11. The number of pyridine rings is 1. The van der Waals surface area contributed by atoms with Gasteiger partial charge in [0.25, 0.3) is 5.91 Å². The summed E-state index contributed by atoms with van der Waals surface area (Å²) in [6, 6.07) is 3.40. The van der Waals surface area contributed by atoms with Crippen LogP contribution in [0.4, 0.5) is 4.39 Å². The largest absolute Gasteiger partial charge is 0.336 e. The molecule has 0 aliphatic carbocycles. The maximum Gasteiger partial charge on any atom is 0.257 e. The number of nitrogens with zero attached hydrogens (tertiary/aromatic N) is 3. The predicted molar refractivity (Wildman–Crippen MR) is 49.2 cm³/mol. The molecule has 4 nitrogen and oxygen atoms in total. The summed E-state index contributed by atoms with van der Waals surface area (Å²) in [6.07, 6.45) is 2.38. The van der Waals surface area contributed by atoms with Crippen molar-refractivity contribution in [3.8, 4) is 6.07 Å². The monoisotopic (exact) mass is 205 g/mol. The second kappa shape index (κ2) is 3.65. The number of amides is 1. The molecular formula is C10H8FN3O. The number of halogens is 1. The van der Waals surface area contributed by atoms with E-state index in [2.05, 4.69) is 11.1 Å². The molecule has 5 heteroatoms. The quantitative estimate of drug-likeness (QED) is 0.681. The smallest absolute Gasteiger partial charge is 0.257 e. The first-order valence-corrected chi connectivity index (χ1v) is 4.51. The van der Waals surface area contributed by atoms with Crippen LogP contribution >= 0.6 is 0 Å². The van der Waals surface area contributed by atoms with E-state index in [9.17, 15) is 9.18 Å². The van der Waals surface area contributed by atoms with E-state index >= 15 is 0 Å². The zero-order valence-electron chi connectivity index (χ0n) is 7.85. The lowest BCUT2D eigenvalue weighted by Gasteiger charge is -2.35. The highest BCUT2D eigenvalue weighted by atomic mass is 19.1. The van der Waals surface area contributed by atoms with Crippen LogP contribution in [0, 0.1) is 23.1 Å². The van der Waals surface area contributed by atoms with Gasteiger partial charge in [-0.25, -0.2) is 4.39 Å². The number of carbonyl (C=O) groups excluding carboxylic acids is 1. The van der Waals surface area contributed by atoms with E-state index in [1.165, 1.54) is 17.2 Å². The summed E-state index contributed by atoms with van der Waals surface area (Å²) in [4.78, 5) is 16.7. The van der Waals surface area contributed by atoms with Crippen molar-refractivity contribution >= 4 is 5.91 Å². The molecule has 1 saturated heterocycles. The fourth-order valence-electron chi connectivity index (χ4n) is 1.45. The second-order valence-electron chi connectivity index (χ2n) is 3.39. The van der Waals surface area contributed by atoms with Gasteiger partial charge in [-0.3, -0.25) is 9.78 Å². The van der Waals surface area contributed by atoms with Gasteiger partial charge in [0.05, 0.1) is 23.7 Å². The molecule has 0 atom stereocenters. The molecule has 0 saturated carbocycles. The summed E-state index contributed by atoms with van der Waals surface area (Å²) in [5.74, 6) is -1.11. The van der Waals surface area contributed by atoms with E-state index in [1.54, 1.807) is 0 Å². The lowest BCUT2D eigenvalue weighted by atomic mass is 10.0. The number of hydrogen-bond donors (Lipinski definition) is 0. The Morgan fingerprint density at radius 2 is 2.40 bits per heavy atom. The van der Waals surface area contributed by atoms with Gasteiger partial charge in [0.15, 0.2) is 5.82 Å². The third kappa shape index (κ3) is 1.66. The fourth-order valence-corrected chi connectivity index (χ4v) is 1.45. The van der Waals surface area contributed by atoms with E-state index in [-0.39, 0.29) is 17.4 Å². The minimum atomic E-state index is -0.622. The van der Waals surface area contributed by atoms with Crippen LogP contribution in [0.2, 0.25) is 0 Å². The van der Waals surface area contributed by atoms with Crippen LogP contribution in [0.1, 0.15) is 10.4 Å². The molecule has 2 heterocycles. The lowest BCUT2D eigenvalue weighted by Crippen LogP contribution is -2.49. The van der Waals surface area contributed by atoms with Crippen molar-refractivity contribution in [3.63, 3.8) is 0 Å². The Bertz CT molecular complexity index is 435. The Morgan fingerprint density at radius 3 is 3.00 bits per heavy atom. The van der Waals surface area contributed by atoms with Crippen molar-refractivity contribution in [1.29, 1.82) is 5.26 Å². The molecule has 15 heavy (non-hydrogen) atoms. The van der Waals surface area contributed by atoms with Crippen LogP contribution in [0.5, 0.6) is 0 Å². The number of hydrogen-bond acceptors (Lipinski definition) is 3. The Kier molecular flexibility index (Phi) is 2.34. The highest BCUT2D eigenvalue weighted by Crippen LogP contribution is 2.18. The molecule has 1 aromatic heterocycles. The first kappa shape index (κ1) is 9.59. The van der Waals surface area contributed by atoms with Gasteiger partial charge < -0.3 is 4.90 Å². The maximum atomic E-state index is 13.2. The highest BCUT2D eigenvalue weighted by Gasteiger charge is 2.32. The van der Waals surface area contributed by atoms with Gasteiger partial charge in [0.1, 0.15) is 0 Å². The minimum Gasteiger partial charge on any atom is -0.336 e. The third-order valence-electron chi connectivity index (χ3n) is 2.35. The number of aromatic nitrogens is 1. The van der Waals surface area contributed by atoms with Gasteiger partial charge in [-0.1, -0.05) is 0 Å². The number of rotatable bonds is 1. The molecule has 1 aromatic rings. The molecule has 1 aliphatic rings. The van der Waals surface area contributed by atoms with Crippen LogP contribution in [-0.4, -0.2) is 28.9 Å². The molecule has 0 bridgehead atoms. The van der Waals surface area contributed by atoms with E-state index in [0.29, 0.717) is 13.1 Å². The molecule has 0 spiro atoms. The Labute approximate surface area is 85.9 Å². The Hall–Kier alpha value is -1.96. The molecule has 2 rings (SSSR count). The molecule has 0 unspecified atom stereocenters. The van der Waals surface area contributed by atoms with Gasteiger partial charge in [0.2, 0.25) is 0 Å². The molecule has 0 radical (unpaired) electrons. The van der Waals surface area contributed by atoms with Crippen molar-refractivity contribution in [2.75, 3.05) is 13.1 Å². The molecule has 76 valence electrons.